The molecule has 8 heavy (non-hydrogen) atoms. The normalized spacial score (nSPS) is 11.0. The Hall–Kier alpha value is 1.55. The molecule has 5 heteroatoms. The molecule has 1 N–H and O–H groups in total. The van der Waals surface area contributed by atoms with E-state index in [0.29, 0.717) is 0 Å². The van der Waals surface area contributed by atoms with Gasteiger partial charge < -0.3 is 1.43 Å². The summed E-state index contributed by atoms with van der Waals surface area (Å²) in [5.74, 6) is 0. The molecule has 0 amide bonds. The molecule has 0 aliphatic heterocycles. The first-order chi connectivity index (χ1) is 2.94. The minimum Gasteiger partial charge on any atom is -1.00 e. The summed E-state index contributed by atoms with van der Waals surface area (Å²) in [6.07, 6.45) is 0. The largest absolute Gasteiger partial charge is 1.00 e. The van der Waals surface area contributed by atoms with E-state index in [9.17, 15) is 8.42 Å². The van der Waals surface area contributed by atoms with E-state index in [1.807, 2.05) is 0 Å². The first-order valence-corrected chi connectivity index (χ1v) is 3.41. The van der Waals surface area contributed by atoms with E-state index in [1.165, 1.54) is 13.8 Å². The molecule has 0 aromatic carbocycles. The second kappa shape index (κ2) is 4.38. The minimum absolute atomic E-state index is 0. The van der Waals surface area contributed by atoms with Gasteiger partial charge in [0, 0.05) is 0 Å². The average Bonchev–Trinajstić information content (AvgIpc) is 1.31. The third kappa shape index (κ3) is 5.68. The summed E-state index contributed by atoms with van der Waals surface area (Å²) in [5, 5.41) is -0.674. The van der Waals surface area contributed by atoms with E-state index >= 15 is 0 Å². The monoisotopic (exact) mass is 164 g/mol. The maximum atomic E-state index is 9.89. The Balaban J connectivity index is -0.000000180. The van der Waals surface area contributed by atoms with Crippen LogP contribution in [0.15, 0.2) is 0 Å². The van der Waals surface area contributed by atoms with E-state index in [1.54, 1.807) is 0 Å². The van der Waals surface area contributed by atoms with Crippen molar-refractivity contribution in [3.63, 3.8) is 0 Å². The molecule has 0 heterocycles. The molecule has 0 saturated heterocycles. The van der Waals surface area contributed by atoms with E-state index < -0.39 is 15.4 Å². The number of hydrogen-bond acceptors (Lipinski definition) is 2. The van der Waals surface area contributed by atoms with Gasteiger partial charge in [0.15, 0.2) is 0 Å². The molecular formula is C3H9KO3S. The van der Waals surface area contributed by atoms with Crippen LogP contribution in [-0.4, -0.2) is 18.2 Å². The smallest absolute Gasteiger partial charge is 1.00 e. The topological polar surface area (TPSA) is 54.4 Å². The van der Waals surface area contributed by atoms with Crippen LogP contribution in [0.25, 0.3) is 0 Å². The molecule has 0 radical (unpaired) electrons. The molecule has 46 valence electrons. The molecule has 0 saturated carbocycles. The summed E-state index contributed by atoms with van der Waals surface area (Å²) < 4.78 is 27.8. The molecule has 0 bridgehead atoms. The number of rotatable bonds is 1. The van der Waals surface area contributed by atoms with Gasteiger partial charge in [-0.05, 0) is 13.8 Å². The molecular weight excluding hydrogens is 155 g/mol. The van der Waals surface area contributed by atoms with Crippen LogP contribution in [-0.2, 0) is 10.1 Å². The summed E-state index contributed by atoms with van der Waals surface area (Å²) in [7, 11) is -3.74. The van der Waals surface area contributed by atoms with Crippen LogP contribution in [0.4, 0.5) is 0 Å². The van der Waals surface area contributed by atoms with Crippen LogP contribution >= 0.6 is 0 Å². The van der Waals surface area contributed by atoms with Gasteiger partial charge in [0.25, 0.3) is 10.1 Å². The molecule has 0 unspecified atom stereocenters. The van der Waals surface area contributed by atoms with E-state index in [4.69, 9.17) is 4.55 Å². The Bertz CT molecular complexity index is 141. The quantitative estimate of drug-likeness (QED) is 0.341. The zero-order chi connectivity index (χ0) is 6.08. The Morgan fingerprint density at radius 2 is 1.62 bits per heavy atom. The van der Waals surface area contributed by atoms with Crippen molar-refractivity contribution in [3.8, 4) is 0 Å². The summed E-state index contributed by atoms with van der Waals surface area (Å²) in [4.78, 5) is 0. The third-order valence-electron chi connectivity index (χ3n) is 0.596. The standard InChI is InChI=1S/C3H8O3S.K.H/c1-3(2)7(4,5)6;;/h3H,1-2H3,(H,4,5,6);;/q;+1;-1. The molecule has 0 rings (SSSR count). The van der Waals surface area contributed by atoms with Crippen molar-refractivity contribution in [2.24, 2.45) is 0 Å². The van der Waals surface area contributed by atoms with Crippen LogP contribution in [0, 0.1) is 0 Å². The van der Waals surface area contributed by atoms with Crippen LogP contribution in [0.5, 0.6) is 0 Å². The Morgan fingerprint density at radius 3 is 1.62 bits per heavy atom. The molecule has 0 aromatic rings. The van der Waals surface area contributed by atoms with Gasteiger partial charge in [-0.25, -0.2) is 0 Å². The maximum absolute atomic E-state index is 9.89. The van der Waals surface area contributed by atoms with Crippen molar-refractivity contribution in [3.05, 3.63) is 0 Å². The Morgan fingerprint density at radius 1 is 1.50 bits per heavy atom. The van der Waals surface area contributed by atoms with Gasteiger partial charge >= 0.3 is 51.4 Å². The van der Waals surface area contributed by atoms with Crippen LogP contribution < -0.4 is 51.4 Å². The fraction of sp³-hybridized carbons (Fsp3) is 1.00. The maximum Gasteiger partial charge on any atom is 1.00 e. The Kier molecular flexibility index (Phi) is 6.70. The summed E-state index contributed by atoms with van der Waals surface area (Å²) in [5.41, 5.74) is 0. The van der Waals surface area contributed by atoms with Crippen molar-refractivity contribution in [1.29, 1.82) is 0 Å². The second-order valence-electron chi connectivity index (χ2n) is 1.56. The van der Waals surface area contributed by atoms with Crippen molar-refractivity contribution >= 4 is 10.1 Å². The van der Waals surface area contributed by atoms with Gasteiger partial charge in [0.05, 0.1) is 5.25 Å². The first kappa shape index (κ1) is 12.2. The zero-order valence-corrected chi connectivity index (χ0v) is 9.19. The van der Waals surface area contributed by atoms with E-state index in [0.717, 1.165) is 0 Å². The minimum atomic E-state index is -3.74. The SMILES string of the molecule is CC(C)S(=O)(=O)O.[H-].[K+]. The average molecular weight is 164 g/mol. The zero-order valence-electron chi connectivity index (χ0n) is 6.25. The second-order valence-corrected chi connectivity index (χ2v) is 3.54. The van der Waals surface area contributed by atoms with Crippen LogP contribution in [0.2, 0.25) is 0 Å². The summed E-state index contributed by atoms with van der Waals surface area (Å²) >= 11 is 0. The molecule has 0 fully saturated rings. The molecule has 0 aliphatic rings. The fourth-order valence-corrected chi connectivity index (χ4v) is 0. The van der Waals surface area contributed by atoms with Gasteiger partial charge in [0.2, 0.25) is 0 Å². The van der Waals surface area contributed by atoms with Gasteiger partial charge in [-0.15, -0.1) is 0 Å². The van der Waals surface area contributed by atoms with Crippen molar-refractivity contribution < 1.29 is 65.8 Å². The molecule has 0 spiro atoms. The van der Waals surface area contributed by atoms with Gasteiger partial charge in [0.1, 0.15) is 0 Å². The predicted octanol–water partition coefficient (Wildman–Crippen LogP) is -2.60. The summed E-state index contributed by atoms with van der Waals surface area (Å²) in [6, 6.07) is 0. The van der Waals surface area contributed by atoms with Gasteiger partial charge in [-0.3, -0.25) is 4.55 Å². The van der Waals surface area contributed by atoms with Gasteiger partial charge in [-0.2, -0.15) is 8.42 Å². The van der Waals surface area contributed by atoms with Crippen molar-refractivity contribution in [1.82, 2.24) is 0 Å². The van der Waals surface area contributed by atoms with E-state index in [2.05, 4.69) is 0 Å². The van der Waals surface area contributed by atoms with E-state index in [-0.39, 0.29) is 52.8 Å². The fourth-order valence-electron chi connectivity index (χ4n) is 0. The predicted molar refractivity (Wildman–Crippen MR) is 27.8 cm³/mol. The molecule has 0 aromatic heterocycles. The molecule has 0 atom stereocenters. The molecule has 0 aliphatic carbocycles. The van der Waals surface area contributed by atoms with Crippen LogP contribution in [0.1, 0.15) is 15.3 Å². The number of hydrogen-bond donors (Lipinski definition) is 1. The third-order valence-corrected chi connectivity index (χ3v) is 1.79. The van der Waals surface area contributed by atoms with Crippen molar-refractivity contribution in [2.45, 2.75) is 19.1 Å². The first-order valence-electron chi connectivity index (χ1n) is 1.91. The summed E-state index contributed by atoms with van der Waals surface area (Å²) in [6.45, 7) is 2.82. The van der Waals surface area contributed by atoms with Crippen LogP contribution in [0.3, 0.4) is 0 Å². The van der Waals surface area contributed by atoms with Gasteiger partial charge in [-0.1, -0.05) is 0 Å². The van der Waals surface area contributed by atoms with Crippen molar-refractivity contribution in [2.75, 3.05) is 0 Å². The Labute approximate surface area is 93.5 Å². The molecule has 3 nitrogen and oxygen atoms in total.